The van der Waals surface area contributed by atoms with Crippen molar-refractivity contribution in [3.63, 3.8) is 0 Å². The average Bonchev–Trinajstić information content (AvgIpc) is 2.93. The summed E-state index contributed by atoms with van der Waals surface area (Å²) in [6, 6.07) is 30.4. The molecular formula is C32H30N2O2. The third-order valence-corrected chi connectivity index (χ3v) is 7.11. The molecule has 0 saturated carbocycles. The number of nitrogens with two attached hydrogens (primary N) is 2. The Balaban J connectivity index is 1.51. The highest BCUT2D eigenvalue weighted by molar-refractivity contribution is 6.29. The molecule has 2 unspecified atom stereocenters. The summed E-state index contributed by atoms with van der Waals surface area (Å²) in [4.78, 5) is 27.5. The molecule has 4 aromatic carbocycles. The predicted molar refractivity (Wildman–Crippen MR) is 143 cm³/mol. The Morgan fingerprint density at radius 3 is 1.25 bits per heavy atom. The van der Waals surface area contributed by atoms with Crippen LogP contribution in [-0.2, 0) is 12.8 Å². The number of rotatable bonds is 8. The van der Waals surface area contributed by atoms with Gasteiger partial charge in [-0.25, -0.2) is 0 Å². The summed E-state index contributed by atoms with van der Waals surface area (Å²) in [6.45, 7) is 0. The Bertz CT molecular complexity index is 1290. The van der Waals surface area contributed by atoms with E-state index in [9.17, 15) is 9.59 Å². The Kier molecular flexibility index (Phi) is 6.90. The largest absolute Gasteiger partial charge is 0.324 e. The van der Waals surface area contributed by atoms with Crippen LogP contribution < -0.4 is 11.5 Å². The van der Waals surface area contributed by atoms with E-state index in [0.29, 0.717) is 46.2 Å². The molecule has 0 aromatic heterocycles. The summed E-state index contributed by atoms with van der Waals surface area (Å²) in [5.41, 5.74) is 18.8. The van der Waals surface area contributed by atoms with Gasteiger partial charge in [0.2, 0.25) is 0 Å². The van der Waals surface area contributed by atoms with Crippen LogP contribution in [0.25, 0.3) is 0 Å². The van der Waals surface area contributed by atoms with Crippen molar-refractivity contribution < 1.29 is 9.59 Å². The third-order valence-electron chi connectivity index (χ3n) is 7.11. The molecule has 180 valence electrons. The fourth-order valence-electron chi connectivity index (χ4n) is 5.14. The lowest BCUT2D eigenvalue weighted by atomic mass is 9.76. The molecule has 36 heavy (non-hydrogen) atoms. The summed E-state index contributed by atoms with van der Waals surface area (Å²) in [5.74, 6) is -0.301. The number of ketones is 2. The molecule has 0 amide bonds. The summed E-state index contributed by atoms with van der Waals surface area (Å²) < 4.78 is 0. The number of fused-ring (bicyclic) bond motifs is 2. The van der Waals surface area contributed by atoms with Crippen LogP contribution >= 0.6 is 0 Å². The van der Waals surface area contributed by atoms with E-state index >= 15 is 0 Å². The Morgan fingerprint density at radius 1 is 0.500 bits per heavy atom. The molecule has 0 radical (unpaired) electrons. The molecule has 5 rings (SSSR count). The maximum Gasteiger partial charge on any atom is 0.194 e. The standard InChI is InChI=1S/C32H30N2O2/c33-27(19-15-21-9-3-1-4-10-21)25-17-18-26(28(34)20-16-22-11-5-2-6-12-22)30-29(25)31(35)23-13-7-8-14-24(23)32(30)36/h1-14,17-18,27-28H,15-16,19-20,33-34H2. The van der Waals surface area contributed by atoms with Crippen molar-refractivity contribution in [2.45, 2.75) is 37.8 Å². The van der Waals surface area contributed by atoms with E-state index in [0.717, 1.165) is 12.8 Å². The summed E-state index contributed by atoms with van der Waals surface area (Å²) in [6.07, 6.45) is 2.90. The van der Waals surface area contributed by atoms with Gasteiger partial charge in [0.05, 0.1) is 0 Å². The van der Waals surface area contributed by atoms with Crippen molar-refractivity contribution in [3.8, 4) is 0 Å². The first kappa shape index (κ1) is 23.9. The zero-order valence-electron chi connectivity index (χ0n) is 20.2. The van der Waals surface area contributed by atoms with Crippen molar-refractivity contribution in [2.24, 2.45) is 11.5 Å². The van der Waals surface area contributed by atoms with Crippen LogP contribution in [0.2, 0.25) is 0 Å². The van der Waals surface area contributed by atoms with Gasteiger partial charge in [0, 0.05) is 34.3 Å². The van der Waals surface area contributed by atoms with Gasteiger partial charge in [0.15, 0.2) is 11.6 Å². The molecule has 0 aliphatic heterocycles. The van der Waals surface area contributed by atoms with Gasteiger partial charge in [-0.05, 0) is 47.9 Å². The van der Waals surface area contributed by atoms with Gasteiger partial charge in [0.25, 0.3) is 0 Å². The van der Waals surface area contributed by atoms with E-state index in [1.807, 2.05) is 48.5 Å². The second kappa shape index (κ2) is 10.4. The maximum atomic E-state index is 13.8. The fraction of sp³-hybridized carbons (Fsp3) is 0.188. The number of aryl methyl sites for hydroxylation is 2. The normalized spacial score (nSPS) is 14.2. The number of carbonyl (C=O) groups excluding carboxylic acids is 2. The summed E-state index contributed by atoms with van der Waals surface area (Å²) in [7, 11) is 0. The van der Waals surface area contributed by atoms with E-state index in [-0.39, 0.29) is 23.7 Å². The fourth-order valence-corrected chi connectivity index (χ4v) is 5.14. The number of hydrogen-bond acceptors (Lipinski definition) is 4. The SMILES string of the molecule is NC(CCc1ccccc1)c1ccc(C(N)CCc2ccccc2)c2c1C(=O)c1ccccc1C2=O. The number of carbonyl (C=O) groups is 2. The van der Waals surface area contributed by atoms with Crippen LogP contribution in [0.5, 0.6) is 0 Å². The van der Waals surface area contributed by atoms with Gasteiger partial charge in [-0.3, -0.25) is 9.59 Å². The predicted octanol–water partition coefficient (Wildman–Crippen LogP) is 5.73. The van der Waals surface area contributed by atoms with Crippen molar-refractivity contribution >= 4 is 11.6 Å². The second-order valence-electron chi connectivity index (χ2n) is 9.46. The van der Waals surface area contributed by atoms with E-state index < -0.39 is 0 Å². The van der Waals surface area contributed by atoms with Crippen molar-refractivity contribution in [1.82, 2.24) is 0 Å². The lowest BCUT2D eigenvalue weighted by molar-refractivity contribution is 0.0976. The number of benzene rings is 4. The van der Waals surface area contributed by atoms with E-state index in [2.05, 4.69) is 24.3 Å². The zero-order valence-corrected chi connectivity index (χ0v) is 20.2. The van der Waals surface area contributed by atoms with Crippen LogP contribution in [0.4, 0.5) is 0 Å². The highest BCUT2D eigenvalue weighted by atomic mass is 16.1. The van der Waals surface area contributed by atoms with Crippen LogP contribution in [0.1, 0.15) is 79.0 Å². The number of hydrogen-bond donors (Lipinski definition) is 2. The molecule has 4 heteroatoms. The maximum absolute atomic E-state index is 13.8. The minimum atomic E-state index is -0.379. The van der Waals surface area contributed by atoms with Gasteiger partial charge in [-0.15, -0.1) is 0 Å². The van der Waals surface area contributed by atoms with Crippen LogP contribution in [0, 0.1) is 0 Å². The zero-order chi connectivity index (χ0) is 25.1. The highest BCUT2D eigenvalue weighted by Crippen LogP contribution is 2.37. The van der Waals surface area contributed by atoms with Gasteiger partial charge in [-0.1, -0.05) is 97.1 Å². The van der Waals surface area contributed by atoms with Crippen LogP contribution in [0.15, 0.2) is 97.1 Å². The van der Waals surface area contributed by atoms with Crippen LogP contribution in [0.3, 0.4) is 0 Å². The molecule has 1 aliphatic rings. The Morgan fingerprint density at radius 2 is 0.861 bits per heavy atom. The lowest BCUT2D eigenvalue weighted by Crippen LogP contribution is -2.28. The third kappa shape index (κ3) is 4.66. The lowest BCUT2D eigenvalue weighted by Gasteiger charge is -2.27. The highest BCUT2D eigenvalue weighted by Gasteiger charge is 2.35. The van der Waals surface area contributed by atoms with Crippen molar-refractivity contribution in [1.29, 1.82) is 0 Å². The van der Waals surface area contributed by atoms with Crippen molar-refractivity contribution in [3.05, 3.63) is 142 Å². The summed E-state index contributed by atoms with van der Waals surface area (Å²) in [5, 5.41) is 0. The molecule has 4 aromatic rings. The molecule has 0 bridgehead atoms. The van der Waals surface area contributed by atoms with Gasteiger partial charge in [-0.2, -0.15) is 0 Å². The first-order valence-electron chi connectivity index (χ1n) is 12.5. The Labute approximate surface area is 212 Å². The Hall–Kier alpha value is -3.86. The monoisotopic (exact) mass is 474 g/mol. The van der Waals surface area contributed by atoms with Gasteiger partial charge < -0.3 is 11.5 Å². The van der Waals surface area contributed by atoms with E-state index in [1.54, 1.807) is 24.3 Å². The molecule has 1 aliphatic carbocycles. The molecule has 0 saturated heterocycles. The van der Waals surface area contributed by atoms with Crippen LogP contribution in [-0.4, -0.2) is 11.6 Å². The topological polar surface area (TPSA) is 86.2 Å². The first-order chi connectivity index (χ1) is 17.5. The van der Waals surface area contributed by atoms with Gasteiger partial charge in [0.1, 0.15) is 0 Å². The quantitative estimate of drug-likeness (QED) is 0.301. The minimum Gasteiger partial charge on any atom is -0.324 e. The minimum absolute atomic E-state index is 0.150. The van der Waals surface area contributed by atoms with E-state index in [4.69, 9.17) is 11.5 Å². The molecule has 0 heterocycles. The molecular weight excluding hydrogens is 444 g/mol. The molecule has 2 atom stereocenters. The smallest absolute Gasteiger partial charge is 0.194 e. The molecule has 0 spiro atoms. The van der Waals surface area contributed by atoms with E-state index in [1.165, 1.54) is 11.1 Å². The summed E-state index contributed by atoms with van der Waals surface area (Å²) >= 11 is 0. The first-order valence-corrected chi connectivity index (χ1v) is 12.5. The van der Waals surface area contributed by atoms with Crippen molar-refractivity contribution in [2.75, 3.05) is 0 Å². The average molecular weight is 475 g/mol. The molecule has 4 N–H and O–H groups in total. The molecule has 4 nitrogen and oxygen atoms in total. The van der Waals surface area contributed by atoms with Gasteiger partial charge >= 0.3 is 0 Å². The second-order valence-corrected chi connectivity index (χ2v) is 9.46. The molecule has 0 fully saturated rings.